The van der Waals surface area contributed by atoms with E-state index in [9.17, 15) is 0 Å². The summed E-state index contributed by atoms with van der Waals surface area (Å²) >= 11 is 9.35. The van der Waals surface area contributed by atoms with E-state index in [1.165, 1.54) is 0 Å². The molecule has 0 atom stereocenters. The third-order valence-corrected chi connectivity index (χ3v) is 3.81. The molecule has 1 aromatic carbocycles. The molecular formula is C13H13BrClN3. The first-order valence-corrected chi connectivity index (χ1v) is 6.78. The van der Waals surface area contributed by atoms with E-state index in [-0.39, 0.29) is 0 Å². The normalized spacial score (nSPS) is 10.7. The molecule has 0 bridgehead atoms. The lowest BCUT2D eigenvalue weighted by Crippen LogP contribution is -2.02. The zero-order valence-electron chi connectivity index (χ0n) is 10.2. The Balaban J connectivity index is 2.60. The highest BCUT2D eigenvalue weighted by atomic mass is 79.9. The molecule has 2 N–H and O–H groups in total. The molecule has 0 unspecified atom stereocenters. The van der Waals surface area contributed by atoms with Crippen LogP contribution in [0.3, 0.4) is 0 Å². The maximum atomic E-state index is 5.95. The van der Waals surface area contributed by atoms with Gasteiger partial charge in [0.2, 0.25) is 0 Å². The number of nitrogens with two attached hydrogens (primary N) is 1. The van der Waals surface area contributed by atoms with E-state index in [1.54, 1.807) is 0 Å². The lowest BCUT2D eigenvalue weighted by atomic mass is 10.1. The first-order valence-electron chi connectivity index (χ1n) is 5.61. The molecule has 0 saturated carbocycles. The van der Waals surface area contributed by atoms with Gasteiger partial charge in [-0.25, -0.2) is 9.97 Å². The molecule has 1 heterocycles. The number of nitrogens with zero attached hydrogens (tertiary/aromatic N) is 2. The lowest BCUT2D eigenvalue weighted by Gasteiger charge is -2.09. The summed E-state index contributed by atoms with van der Waals surface area (Å²) in [5, 5.41) is 0.706. The Hall–Kier alpha value is -1.13. The third kappa shape index (κ3) is 2.49. The standard InChI is InChI=1S/C13H13BrClN3/c1-3-10-11(14)12(16)18-13(17-10)9-5-4-8(15)6-7(9)2/h4-6H,3H2,1-2H3,(H2,16,17,18). The summed E-state index contributed by atoms with van der Waals surface area (Å²) in [5.74, 6) is 1.10. The van der Waals surface area contributed by atoms with Gasteiger partial charge in [0.05, 0.1) is 10.2 Å². The van der Waals surface area contributed by atoms with Gasteiger partial charge in [0.15, 0.2) is 5.82 Å². The van der Waals surface area contributed by atoms with Crippen LogP contribution in [-0.2, 0) is 6.42 Å². The molecule has 1 aromatic heterocycles. The maximum Gasteiger partial charge on any atom is 0.162 e. The summed E-state index contributed by atoms with van der Waals surface area (Å²) in [5.41, 5.74) is 8.79. The molecule has 0 spiro atoms. The molecule has 0 radical (unpaired) electrons. The fourth-order valence-corrected chi connectivity index (χ4v) is 2.43. The van der Waals surface area contributed by atoms with E-state index in [0.29, 0.717) is 16.7 Å². The fraction of sp³-hybridized carbons (Fsp3) is 0.231. The number of benzene rings is 1. The van der Waals surface area contributed by atoms with Crippen LogP contribution >= 0.6 is 27.5 Å². The Bertz CT molecular complexity index is 599. The minimum Gasteiger partial charge on any atom is -0.383 e. The number of aromatic nitrogens is 2. The van der Waals surface area contributed by atoms with E-state index in [2.05, 4.69) is 25.9 Å². The van der Waals surface area contributed by atoms with E-state index in [4.69, 9.17) is 17.3 Å². The number of hydrogen-bond acceptors (Lipinski definition) is 3. The fourth-order valence-electron chi connectivity index (χ4n) is 1.75. The Morgan fingerprint density at radius 1 is 1.33 bits per heavy atom. The second kappa shape index (κ2) is 5.24. The lowest BCUT2D eigenvalue weighted by molar-refractivity contribution is 0.994. The number of aryl methyl sites for hydroxylation is 2. The summed E-state index contributed by atoms with van der Waals surface area (Å²) in [6.45, 7) is 4.01. The summed E-state index contributed by atoms with van der Waals surface area (Å²) < 4.78 is 0.778. The topological polar surface area (TPSA) is 51.8 Å². The molecule has 3 nitrogen and oxygen atoms in total. The smallest absolute Gasteiger partial charge is 0.162 e. The van der Waals surface area contributed by atoms with Crippen LogP contribution in [0.1, 0.15) is 18.2 Å². The van der Waals surface area contributed by atoms with Crippen molar-refractivity contribution in [2.45, 2.75) is 20.3 Å². The van der Waals surface area contributed by atoms with Gasteiger partial charge in [-0.15, -0.1) is 0 Å². The van der Waals surface area contributed by atoms with Crippen LogP contribution in [0.25, 0.3) is 11.4 Å². The van der Waals surface area contributed by atoms with Gasteiger partial charge in [-0.2, -0.15) is 0 Å². The highest BCUT2D eigenvalue weighted by molar-refractivity contribution is 9.10. The zero-order chi connectivity index (χ0) is 13.3. The van der Waals surface area contributed by atoms with Crippen LogP contribution in [0, 0.1) is 6.92 Å². The second-order valence-electron chi connectivity index (χ2n) is 4.01. The average molecular weight is 327 g/mol. The Morgan fingerprint density at radius 3 is 2.67 bits per heavy atom. The van der Waals surface area contributed by atoms with Crippen molar-refractivity contribution in [3.05, 3.63) is 39.0 Å². The van der Waals surface area contributed by atoms with Crippen molar-refractivity contribution in [2.24, 2.45) is 0 Å². The number of anilines is 1. The van der Waals surface area contributed by atoms with Crippen molar-refractivity contribution in [1.82, 2.24) is 9.97 Å². The predicted octanol–water partition coefficient (Wildman–Crippen LogP) is 4.01. The molecule has 2 rings (SSSR count). The first kappa shape index (κ1) is 13.3. The third-order valence-electron chi connectivity index (χ3n) is 2.71. The molecule has 2 aromatic rings. The summed E-state index contributed by atoms with van der Waals surface area (Å²) in [7, 11) is 0. The monoisotopic (exact) mass is 325 g/mol. The van der Waals surface area contributed by atoms with E-state index in [0.717, 1.165) is 27.7 Å². The number of halogens is 2. The molecular weight excluding hydrogens is 314 g/mol. The van der Waals surface area contributed by atoms with Gasteiger partial charge in [-0.05, 0) is 53.0 Å². The molecule has 0 fully saturated rings. The van der Waals surface area contributed by atoms with Crippen molar-refractivity contribution in [3.8, 4) is 11.4 Å². The molecule has 0 aliphatic rings. The van der Waals surface area contributed by atoms with Gasteiger partial charge in [-0.3, -0.25) is 0 Å². The van der Waals surface area contributed by atoms with Crippen molar-refractivity contribution < 1.29 is 0 Å². The van der Waals surface area contributed by atoms with Crippen LogP contribution < -0.4 is 5.73 Å². The van der Waals surface area contributed by atoms with Gasteiger partial charge >= 0.3 is 0 Å². The van der Waals surface area contributed by atoms with Crippen LogP contribution in [0.15, 0.2) is 22.7 Å². The molecule has 18 heavy (non-hydrogen) atoms. The quantitative estimate of drug-likeness (QED) is 0.907. The largest absolute Gasteiger partial charge is 0.383 e. The second-order valence-corrected chi connectivity index (χ2v) is 5.24. The molecule has 0 saturated heterocycles. The SMILES string of the molecule is CCc1nc(-c2ccc(Cl)cc2C)nc(N)c1Br. The van der Waals surface area contributed by atoms with Gasteiger partial charge in [0, 0.05) is 10.6 Å². The molecule has 0 aliphatic heterocycles. The molecule has 94 valence electrons. The summed E-state index contributed by atoms with van der Waals surface area (Å²) in [6, 6.07) is 5.64. The zero-order valence-corrected chi connectivity index (χ0v) is 12.5. The van der Waals surface area contributed by atoms with Crippen molar-refractivity contribution in [3.63, 3.8) is 0 Å². The van der Waals surface area contributed by atoms with Gasteiger partial charge < -0.3 is 5.73 Å². The van der Waals surface area contributed by atoms with Gasteiger partial charge in [0.25, 0.3) is 0 Å². The highest BCUT2D eigenvalue weighted by Crippen LogP contribution is 2.28. The van der Waals surface area contributed by atoms with Crippen molar-refractivity contribution in [2.75, 3.05) is 5.73 Å². The van der Waals surface area contributed by atoms with E-state index < -0.39 is 0 Å². The van der Waals surface area contributed by atoms with Crippen LogP contribution in [-0.4, -0.2) is 9.97 Å². The minimum absolute atomic E-state index is 0.464. The van der Waals surface area contributed by atoms with Crippen LogP contribution in [0.2, 0.25) is 5.02 Å². The van der Waals surface area contributed by atoms with Crippen molar-refractivity contribution >= 4 is 33.3 Å². The van der Waals surface area contributed by atoms with E-state index >= 15 is 0 Å². The average Bonchev–Trinajstić information content (AvgIpc) is 2.32. The Kier molecular flexibility index (Phi) is 3.88. The summed E-state index contributed by atoms with van der Waals surface area (Å²) in [4.78, 5) is 8.85. The van der Waals surface area contributed by atoms with Crippen molar-refractivity contribution in [1.29, 1.82) is 0 Å². The maximum absolute atomic E-state index is 5.95. The molecule has 0 aliphatic carbocycles. The van der Waals surface area contributed by atoms with Crippen LogP contribution in [0.4, 0.5) is 5.82 Å². The van der Waals surface area contributed by atoms with E-state index in [1.807, 2.05) is 32.0 Å². The first-order chi connectivity index (χ1) is 8.52. The molecule has 5 heteroatoms. The number of hydrogen-bond donors (Lipinski definition) is 1. The number of rotatable bonds is 2. The minimum atomic E-state index is 0.464. The van der Waals surface area contributed by atoms with Gasteiger partial charge in [0.1, 0.15) is 5.82 Å². The van der Waals surface area contributed by atoms with Crippen LogP contribution in [0.5, 0.6) is 0 Å². The molecule has 0 amide bonds. The predicted molar refractivity (Wildman–Crippen MR) is 78.7 cm³/mol. The summed E-state index contributed by atoms with van der Waals surface area (Å²) in [6.07, 6.45) is 0.799. The van der Waals surface area contributed by atoms with Gasteiger partial charge in [-0.1, -0.05) is 18.5 Å². The Labute approximate surface area is 120 Å². The number of nitrogen functional groups attached to an aromatic ring is 1. The Morgan fingerprint density at radius 2 is 2.06 bits per heavy atom. The highest BCUT2D eigenvalue weighted by Gasteiger charge is 2.11.